The van der Waals surface area contributed by atoms with Crippen LogP contribution < -0.4 is 10.7 Å². The summed E-state index contributed by atoms with van der Waals surface area (Å²) in [6.07, 6.45) is 0.448. The number of carboxylic acids is 1. The molecule has 0 aromatic heterocycles. The summed E-state index contributed by atoms with van der Waals surface area (Å²) in [5, 5.41) is 19.6. The number of hydrogen-bond acceptors (Lipinski definition) is 5. The lowest BCUT2D eigenvalue weighted by Gasteiger charge is -2.07. The Morgan fingerprint density at radius 1 is 1.19 bits per heavy atom. The number of carbonyl (C=O) groups is 1. The Morgan fingerprint density at radius 3 is 2.33 bits per heavy atom. The van der Waals surface area contributed by atoms with E-state index in [2.05, 4.69) is 4.84 Å². The van der Waals surface area contributed by atoms with Crippen molar-refractivity contribution in [1.29, 1.82) is 0 Å². The predicted molar refractivity (Wildman–Crippen MR) is 74.1 cm³/mol. The van der Waals surface area contributed by atoms with Crippen LogP contribution in [0.15, 0.2) is 42.5 Å². The molecule has 0 aliphatic carbocycles. The van der Waals surface area contributed by atoms with Crippen molar-refractivity contribution in [1.82, 2.24) is 0 Å². The minimum Gasteiger partial charge on any atom is -0.478 e. The third-order valence-corrected chi connectivity index (χ3v) is 2.96. The van der Waals surface area contributed by atoms with Gasteiger partial charge in [0.2, 0.25) is 0 Å². The molecule has 7 nitrogen and oxygen atoms in total. The van der Waals surface area contributed by atoms with Gasteiger partial charge in [0.05, 0.1) is 4.92 Å². The summed E-state index contributed by atoms with van der Waals surface area (Å²) in [5.41, 5.74) is 1.55. The molecule has 0 aliphatic rings. The normalized spacial score (nSPS) is 10.1. The summed E-state index contributed by atoms with van der Waals surface area (Å²) in [5.74, 6) is 3.95. The summed E-state index contributed by atoms with van der Waals surface area (Å²) in [4.78, 5) is 25.7. The van der Waals surface area contributed by atoms with E-state index in [1.807, 2.05) is 0 Å². The number of hydrogen-bond donors (Lipinski definition) is 2. The zero-order valence-corrected chi connectivity index (χ0v) is 10.9. The van der Waals surface area contributed by atoms with Crippen molar-refractivity contribution < 1.29 is 19.7 Å². The van der Waals surface area contributed by atoms with Crippen molar-refractivity contribution in [2.45, 2.75) is 6.42 Å². The van der Waals surface area contributed by atoms with Crippen molar-refractivity contribution >= 4 is 11.7 Å². The number of nitro benzene ring substituents is 1. The van der Waals surface area contributed by atoms with Crippen LogP contribution in [-0.4, -0.2) is 16.0 Å². The molecule has 0 spiro atoms. The molecular formula is C14H12N2O5. The number of carboxylic acid groups (broad SMARTS) is 1. The maximum Gasteiger partial charge on any atom is 0.339 e. The lowest BCUT2D eigenvalue weighted by Crippen LogP contribution is -2.08. The molecule has 0 saturated heterocycles. The Bertz CT molecular complexity index is 682. The number of nitrogens with two attached hydrogens (primary N) is 1. The Labute approximate surface area is 119 Å². The van der Waals surface area contributed by atoms with E-state index in [1.54, 1.807) is 18.2 Å². The lowest BCUT2D eigenvalue weighted by atomic mass is 10.0. The average Bonchev–Trinajstić information content (AvgIpc) is 2.47. The smallest absolute Gasteiger partial charge is 0.339 e. The van der Waals surface area contributed by atoms with Gasteiger partial charge in [-0.05, 0) is 29.7 Å². The number of nitro groups is 1. The van der Waals surface area contributed by atoms with Gasteiger partial charge in [-0.2, -0.15) is 5.90 Å². The van der Waals surface area contributed by atoms with Crippen LogP contribution in [0.1, 0.15) is 21.5 Å². The molecule has 7 heteroatoms. The largest absolute Gasteiger partial charge is 0.478 e. The van der Waals surface area contributed by atoms with Crippen LogP contribution in [0.25, 0.3) is 0 Å². The highest BCUT2D eigenvalue weighted by Gasteiger charge is 2.12. The van der Waals surface area contributed by atoms with E-state index in [-0.39, 0.29) is 17.0 Å². The van der Waals surface area contributed by atoms with E-state index in [1.165, 1.54) is 24.3 Å². The Morgan fingerprint density at radius 2 is 1.81 bits per heavy atom. The molecule has 0 amide bonds. The zero-order chi connectivity index (χ0) is 15.4. The van der Waals surface area contributed by atoms with Crippen molar-refractivity contribution in [2.24, 2.45) is 5.90 Å². The van der Waals surface area contributed by atoms with Gasteiger partial charge >= 0.3 is 5.97 Å². The molecule has 0 bridgehead atoms. The van der Waals surface area contributed by atoms with Crippen LogP contribution in [0.2, 0.25) is 0 Å². The molecule has 0 fully saturated rings. The number of nitrogens with zero attached hydrogens (tertiary/aromatic N) is 1. The highest BCUT2D eigenvalue weighted by atomic mass is 16.6. The number of rotatable bonds is 5. The number of non-ortho nitro benzene ring substituents is 1. The quantitative estimate of drug-likeness (QED) is 0.643. The summed E-state index contributed by atoms with van der Waals surface area (Å²) in [6.45, 7) is 0. The number of aromatic carboxylic acids is 1. The second-order valence-electron chi connectivity index (χ2n) is 4.35. The van der Waals surface area contributed by atoms with Crippen LogP contribution in [0, 0.1) is 10.1 Å². The molecule has 108 valence electrons. The molecule has 0 aliphatic heterocycles. The van der Waals surface area contributed by atoms with E-state index in [4.69, 9.17) is 11.0 Å². The molecule has 3 N–H and O–H groups in total. The third kappa shape index (κ3) is 3.34. The highest BCUT2D eigenvalue weighted by molar-refractivity contribution is 5.91. The van der Waals surface area contributed by atoms with E-state index < -0.39 is 10.9 Å². The van der Waals surface area contributed by atoms with Crippen LogP contribution in [0.5, 0.6) is 5.75 Å². The summed E-state index contributed by atoms with van der Waals surface area (Å²) < 4.78 is 0. The summed E-state index contributed by atoms with van der Waals surface area (Å²) in [7, 11) is 0. The SMILES string of the molecule is NOc1ccc(Cc2ccc([N+](=O)[O-])cc2)cc1C(=O)O. The molecule has 0 atom stereocenters. The van der Waals surface area contributed by atoms with E-state index in [9.17, 15) is 14.9 Å². The first-order chi connectivity index (χ1) is 10.0. The molecule has 2 aromatic carbocycles. The molecule has 2 aromatic rings. The Balaban J connectivity index is 2.25. The third-order valence-electron chi connectivity index (χ3n) is 2.96. The van der Waals surface area contributed by atoms with Gasteiger partial charge in [0.1, 0.15) is 5.56 Å². The number of benzene rings is 2. The van der Waals surface area contributed by atoms with Gasteiger partial charge in [0.15, 0.2) is 5.75 Å². The van der Waals surface area contributed by atoms with E-state index in [0.29, 0.717) is 6.42 Å². The summed E-state index contributed by atoms with van der Waals surface area (Å²) in [6, 6.07) is 10.7. The second kappa shape index (κ2) is 6.02. The first-order valence-corrected chi connectivity index (χ1v) is 5.97. The van der Waals surface area contributed by atoms with Crippen LogP contribution >= 0.6 is 0 Å². The first kappa shape index (κ1) is 14.5. The van der Waals surface area contributed by atoms with Gasteiger partial charge < -0.3 is 9.94 Å². The van der Waals surface area contributed by atoms with Gasteiger partial charge in [-0.15, -0.1) is 0 Å². The first-order valence-electron chi connectivity index (χ1n) is 5.97. The average molecular weight is 288 g/mol. The van der Waals surface area contributed by atoms with Gasteiger partial charge in [-0.3, -0.25) is 10.1 Å². The molecule has 21 heavy (non-hydrogen) atoms. The minimum atomic E-state index is -1.14. The fourth-order valence-corrected chi connectivity index (χ4v) is 1.93. The maximum atomic E-state index is 11.1. The monoisotopic (exact) mass is 288 g/mol. The van der Waals surface area contributed by atoms with Crippen LogP contribution in [0.3, 0.4) is 0 Å². The van der Waals surface area contributed by atoms with Gasteiger partial charge in [0, 0.05) is 12.1 Å². The van der Waals surface area contributed by atoms with Crippen molar-refractivity contribution in [3.63, 3.8) is 0 Å². The molecule has 0 unspecified atom stereocenters. The fourth-order valence-electron chi connectivity index (χ4n) is 1.93. The van der Waals surface area contributed by atoms with Crippen molar-refractivity contribution in [3.05, 3.63) is 69.3 Å². The van der Waals surface area contributed by atoms with Crippen molar-refractivity contribution in [2.75, 3.05) is 0 Å². The highest BCUT2D eigenvalue weighted by Crippen LogP contribution is 2.22. The van der Waals surface area contributed by atoms with Gasteiger partial charge in [-0.1, -0.05) is 18.2 Å². The predicted octanol–water partition coefficient (Wildman–Crippen LogP) is 2.14. The van der Waals surface area contributed by atoms with E-state index >= 15 is 0 Å². The topological polar surface area (TPSA) is 116 Å². The van der Waals surface area contributed by atoms with Crippen LogP contribution in [0.4, 0.5) is 5.69 Å². The molecular weight excluding hydrogens is 276 g/mol. The standard InChI is InChI=1S/C14H12N2O5/c15-21-13-6-3-10(8-12(13)14(17)18)7-9-1-4-11(5-2-9)16(19)20/h1-6,8H,7,15H2,(H,17,18). The molecule has 2 rings (SSSR count). The van der Waals surface area contributed by atoms with Crippen molar-refractivity contribution in [3.8, 4) is 5.75 Å². The van der Waals surface area contributed by atoms with E-state index in [0.717, 1.165) is 11.1 Å². The Hall–Kier alpha value is -2.93. The molecule has 0 heterocycles. The van der Waals surface area contributed by atoms with Gasteiger partial charge in [-0.25, -0.2) is 4.79 Å². The molecule has 0 radical (unpaired) electrons. The summed E-state index contributed by atoms with van der Waals surface area (Å²) >= 11 is 0. The zero-order valence-electron chi connectivity index (χ0n) is 10.9. The lowest BCUT2D eigenvalue weighted by molar-refractivity contribution is -0.384. The fraction of sp³-hybridized carbons (Fsp3) is 0.0714. The Kier molecular flexibility index (Phi) is 4.15. The minimum absolute atomic E-state index is 0.0110. The molecule has 0 saturated carbocycles. The van der Waals surface area contributed by atoms with Crippen LogP contribution in [-0.2, 0) is 6.42 Å². The second-order valence-corrected chi connectivity index (χ2v) is 4.35. The van der Waals surface area contributed by atoms with Gasteiger partial charge in [0.25, 0.3) is 5.69 Å². The maximum absolute atomic E-state index is 11.1.